The van der Waals surface area contributed by atoms with Gasteiger partial charge in [-0.2, -0.15) is 0 Å². The molecule has 0 aromatic carbocycles. The van der Waals surface area contributed by atoms with Gasteiger partial charge in [0.2, 0.25) is 5.91 Å². The highest BCUT2D eigenvalue weighted by Crippen LogP contribution is 2.22. The summed E-state index contributed by atoms with van der Waals surface area (Å²) in [7, 11) is -2.86. The molecule has 1 N–H and O–H groups in total. The maximum Gasteiger partial charge on any atom is 0.220 e. The van der Waals surface area contributed by atoms with Crippen LogP contribution in [0.3, 0.4) is 0 Å². The molecular formula is C13H23NO3S. The summed E-state index contributed by atoms with van der Waals surface area (Å²) in [4.78, 5) is 11.9. The molecule has 1 saturated carbocycles. The summed E-state index contributed by atoms with van der Waals surface area (Å²) in [5, 5.41) is 3.08. The van der Waals surface area contributed by atoms with Crippen molar-refractivity contribution in [3.05, 3.63) is 0 Å². The van der Waals surface area contributed by atoms with Crippen molar-refractivity contribution < 1.29 is 13.2 Å². The average Bonchev–Trinajstić information content (AvgIpc) is 2.52. The summed E-state index contributed by atoms with van der Waals surface area (Å²) in [5.74, 6) is 0.546. The lowest BCUT2D eigenvalue weighted by Gasteiger charge is -2.17. The molecule has 1 aliphatic carbocycles. The Bertz CT molecular complexity index is 383. The van der Waals surface area contributed by atoms with Crippen LogP contribution < -0.4 is 5.32 Å². The van der Waals surface area contributed by atoms with Gasteiger partial charge in [0.15, 0.2) is 9.84 Å². The van der Waals surface area contributed by atoms with Crippen molar-refractivity contribution in [2.45, 2.75) is 57.4 Å². The molecule has 18 heavy (non-hydrogen) atoms. The van der Waals surface area contributed by atoms with E-state index in [0.717, 1.165) is 12.8 Å². The summed E-state index contributed by atoms with van der Waals surface area (Å²) in [6.45, 7) is 0. The van der Waals surface area contributed by atoms with Gasteiger partial charge in [-0.05, 0) is 25.2 Å². The predicted octanol–water partition coefficient (Wildman–Crippen LogP) is 1.65. The van der Waals surface area contributed by atoms with Crippen molar-refractivity contribution in [3.63, 3.8) is 0 Å². The summed E-state index contributed by atoms with van der Waals surface area (Å²) >= 11 is 0. The lowest BCUT2D eigenvalue weighted by Crippen LogP contribution is -2.35. The van der Waals surface area contributed by atoms with E-state index in [-0.39, 0.29) is 23.3 Å². The molecule has 1 atom stereocenters. The third-order valence-electron chi connectivity index (χ3n) is 4.02. The lowest BCUT2D eigenvalue weighted by atomic mass is 10.0. The lowest BCUT2D eigenvalue weighted by molar-refractivity contribution is -0.122. The number of sulfone groups is 1. The Morgan fingerprint density at radius 2 is 1.72 bits per heavy atom. The summed E-state index contributed by atoms with van der Waals surface area (Å²) < 4.78 is 22.7. The van der Waals surface area contributed by atoms with Crippen LogP contribution in [0.1, 0.15) is 51.4 Å². The van der Waals surface area contributed by atoms with Gasteiger partial charge in [-0.3, -0.25) is 4.79 Å². The molecule has 0 spiro atoms. The number of amides is 1. The number of carbonyl (C=O) groups excluding carboxylic acids is 1. The summed E-state index contributed by atoms with van der Waals surface area (Å²) in [6, 6.07) is 0.318. The molecule has 0 aromatic rings. The van der Waals surface area contributed by atoms with Crippen LogP contribution in [0.4, 0.5) is 0 Å². The largest absolute Gasteiger partial charge is 0.353 e. The number of hydrogen-bond acceptors (Lipinski definition) is 3. The van der Waals surface area contributed by atoms with Crippen LogP contribution in [0.25, 0.3) is 0 Å². The molecule has 1 heterocycles. The number of rotatable bonds is 3. The van der Waals surface area contributed by atoms with Gasteiger partial charge in [0, 0.05) is 12.5 Å². The van der Waals surface area contributed by atoms with Crippen LogP contribution in [0.5, 0.6) is 0 Å². The fraction of sp³-hybridized carbons (Fsp3) is 0.923. The van der Waals surface area contributed by atoms with Crippen molar-refractivity contribution in [2.24, 2.45) is 5.92 Å². The first-order chi connectivity index (χ1) is 8.55. The highest BCUT2D eigenvalue weighted by atomic mass is 32.2. The molecule has 4 nitrogen and oxygen atoms in total. The molecule has 2 fully saturated rings. The van der Waals surface area contributed by atoms with E-state index in [1.807, 2.05) is 0 Å². The first-order valence-corrected chi connectivity index (χ1v) is 8.87. The average molecular weight is 273 g/mol. The van der Waals surface area contributed by atoms with Crippen LogP contribution in [0, 0.1) is 5.92 Å². The van der Waals surface area contributed by atoms with Crippen molar-refractivity contribution in [1.82, 2.24) is 5.32 Å². The highest BCUT2D eigenvalue weighted by Gasteiger charge is 2.29. The number of hydrogen-bond donors (Lipinski definition) is 1. The van der Waals surface area contributed by atoms with Gasteiger partial charge in [0.05, 0.1) is 11.5 Å². The smallest absolute Gasteiger partial charge is 0.220 e. The van der Waals surface area contributed by atoms with Gasteiger partial charge in [-0.1, -0.05) is 25.7 Å². The van der Waals surface area contributed by atoms with Crippen molar-refractivity contribution in [2.75, 3.05) is 11.5 Å². The van der Waals surface area contributed by atoms with Gasteiger partial charge in [-0.15, -0.1) is 0 Å². The third-order valence-corrected chi connectivity index (χ3v) is 5.86. The molecule has 1 amide bonds. The Hall–Kier alpha value is -0.580. The molecule has 2 rings (SSSR count). The molecule has 104 valence electrons. The second-order valence-electron chi connectivity index (χ2n) is 5.73. The van der Waals surface area contributed by atoms with Gasteiger partial charge >= 0.3 is 0 Å². The zero-order valence-corrected chi connectivity index (χ0v) is 11.7. The Morgan fingerprint density at radius 3 is 2.28 bits per heavy atom. The second kappa shape index (κ2) is 6.04. The molecule has 2 aliphatic rings. The molecule has 0 bridgehead atoms. The van der Waals surface area contributed by atoms with E-state index < -0.39 is 9.84 Å². The number of nitrogens with one attached hydrogen (secondary N) is 1. The quantitative estimate of drug-likeness (QED) is 0.795. The maximum atomic E-state index is 11.9. The molecule has 5 heteroatoms. The molecule has 1 aliphatic heterocycles. The predicted molar refractivity (Wildman–Crippen MR) is 71.0 cm³/mol. The number of carbonyl (C=O) groups is 1. The maximum absolute atomic E-state index is 11.9. The molecule has 0 radical (unpaired) electrons. The van der Waals surface area contributed by atoms with Gasteiger partial charge < -0.3 is 5.32 Å². The third kappa shape index (κ3) is 4.26. The van der Waals surface area contributed by atoms with Crippen LogP contribution >= 0.6 is 0 Å². The minimum Gasteiger partial charge on any atom is -0.353 e. The standard InChI is InChI=1S/C13H23NO3S/c15-13(9-11-7-8-18(16,17)10-11)14-12-5-3-1-2-4-6-12/h11-12H,1-10H2,(H,14,15)/t11-/m0/s1. The second-order valence-corrected chi connectivity index (χ2v) is 7.96. The van der Waals surface area contributed by atoms with E-state index in [1.165, 1.54) is 25.7 Å². The zero-order chi connectivity index (χ0) is 13.0. The highest BCUT2D eigenvalue weighted by molar-refractivity contribution is 7.91. The van der Waals surface area contributed by atoms with E-state index in [9.17, 15) is 13.2 Å². The van der Waals surface area contributed by atoms with Gasteiger partial charge in [-0.25, -0.2) is 8.42 Å². The van der Waals surface area contributed by atoms with Crippen LogP contribution in [0.2, 0.25) is 0 Å². The SMILES string of the molecule is O=C(C[C@@H]1CCS(=O)(=O)C1)NC1CCCCCC1. The van der Waals surface area contributed by atoms with E-state index in [1.54, 1.807) is 0 Å². The topological polar surface area (TPSA) is 63.2 Å². The molecular weight excluding hydrogens is 250 g/mol. The Balaban J connectivity index is 1.75. The fourth-order valence-corrected chi connectivity index (χ4v) is 4.87. The summed E-state index contributed by atoms with van der Waals surface area (Å²) in [6.07, 6.45) is 8.13. The van der Waals surface area contributed by atoms with E-state index in [2.05, 4.69) is 5.32 Å². The minimum absolute atomic E-state index is 0.0424. The first-order valence-electron chi connectivity index (χ1n) is 7.05. The normalized spacial score (nSPS) is 28.8. The summed E-state index contributed by atoms with van der Waals surface area (Å²) in [5.41, 5.74) is 0. The van der Waals surface area contributed by atoms with Gasteiger partial charge in [0.1, 0.15) is 0 Å². The van der Waals surface area contributed by atoms with Gasteiger partial charge in [0.25, 0.3) is 0 Å². The van der Waals surface area contributed by atoms with Crippen molar-refractivity contribution >= 4 is 15.7 Å². The Labute approximate surface area is 109 Å². The molecule has 0 unspecified atom stereocenters. The minimum atomic E-state index is -2.86. The van der Waals surface area contributed by atoms with E-state index in [0.29, 0.717) is 18.9 Å². The fourth-order valence-electron chi connectivity index (χ4n) is 3.01. The van der Waals surface area contributed by atoms with Crippen LogP contribution in [0.15, 0.2) is 0 Å². The van der Waals surface area contributed by atoms with E-state index >= 15 is 0 Å². The molecule has 0 aromatic heterocycles. The first kappa shape index (κ1) is 13.8. The van der Waals surface area contributed by atoms with Crippen molar-refractivity contribution in [3.8, 4) is 0 Å². The van der Waals surface area contributed by atoms with E-state index in [4.69, 9.17) is 0 Å². The monoisotopic (exact) mass is 273 g/mol. The Morgan fingerprint density at radius 1 is 1.06 bits per heavy atom. The van der Waals surface area contributed by atoms with Crippen LogP contribution in [-0.2, 0) is 14.6 Å². The molecule has 1 saturated heterocycles. The van der Waals surface area contributed by atoms with Crippen molar-refractivity contribution in [1.29, 1.82) is 0 Å². The zero-order valence-electron chi connectivity index (χ0n) is 10.9. The van der Waals surface area contributed by atoms with Crippen LogP contribution in [-0.4, -0.2) is 31.9 Å². The Kier molecular flexibility index (Phi) is 4.65.